The molecule has 2 aromatic carbocycles. The summed E-state index contributed by atoms with van der Waals surface area (Å²) in [6.45, 7) is 7.49. The molecule has 2 aromatic rings. The number of rotatable bonds is 5. The average molecular weight is 467 g/mol. The van der Waals surface area contributed by atoms with Gasteiger partial charge >= 0.3 is 12.5 Å². The van der Waals surface area contributed by atoms with Gasteiger partial charge in [-0.15, -0.1) is 13.2 Å². The molecule has 1 N–H and O–H groups in total. The van der Waals surface area contributed by atoms with E-state index in [1.165, 1.54) is 24.1 Å². The largest absolute Gasteiger partial charge is 0.573 e. The SMILES string of the molecule is COc1ccc(C(O)(c2ccc(OC(F)(F)F)cc2)C2(C)CN(C(=O)OC(C)(C)C)C2)cc1. The number of hydrogen-bond acceptors (Lipinski definition) is 5. The minimum Gasteiger partial charge on any atom is -0.497 e. The summed E-state index contributed by atoms with van der Waals surface area (Å²) in [5.74, 6) is 0.196. The monoisotopic (exact) mass is 467 g/mol. The number of nitrogens with zero attached hydrogens (tertiary/aromatic N) is 1. The molecule has 0 spiro atoms. The first-order chi connectivity index (χ1) is 15.2. The van der Waals surface area contributed by atoms with Gasteiger partial charge in [0, 0.05) is 18.5 Å². The smallest absolute Gasteiger partial charge is 0.497 e. The second-order valence-electron chi connectivity index (χ2n) is 9.41. The number of hydrogen-bond donors (Lipinski definition) is 1. The number of carbonyl (C=O) groups is 1. The van der Waals surface area contributed by atoms with E-state index in [4.69, 9.17) is 9.47 Å². The summed E-state index contributed by atoms with van der Waals surface area (Å²) >= 11 is 0. The van der Waals surface area contributed by atoms with Crippen molar-refractivity contribution in [1.29, 1.82) is 0 Å². The van der Waals surface area contributed by atoms with Crippen molar-refractivity contribution in [2.75, 3.05) is 20.2 Å². The maximum atomic E-state index is 12.6. The Morgan fingerprint density at radius 3 is 1.79 bits per heavy atom. The molecule has 0 saturated carbocycles. The van der Waals surface area contributed by atoms with Crippen LogP contribution in [0.1, 0.15) is 38.8 Å². The molecule has 33 heavy (non-hydrogen) atoms. The number of likely N-dealkylation sites (tertiary alicyclic amines) is 1. The fraction of sp³-hybridized carbons (Fsp3) is 0.458. The van der Waals surface area contributed by atoms with Crippen LogP contribution in [0, 0.1) is 5.41 Å². The quantitative estimate of drug-likeness (QED) is 0.664. The van der Waals surface area contributed by atoms with E-state index in [9.17, 15) is 23.1 Å². The van der Waals surface area contributed by atoms with E-state index in [0.717, 1.165) is 12.1 Å². The van der Waals surface area contributed by atoms with Gasteiger partial charge in [0.2, 0.25) is 0 Å². The molecule has 1 saturated heterocycles. The number of methoxy groups -OCH3 is 1. The molecule has 1 aliphatic heterocycles. The first kappa shape index (κ1) is 24.7. The summed E-state index contributed by atoms with van der Waals surface area (Å²) in [5, 5.41) is 12.1. The van der Waals surface area contributed by atoms with E-state index in [-0.39, 0.29) is 13.1 Å². The molecular formula is C24H28F3NO5. The Balaban J connectivity index is 1.96. The van der Waals surface area contributed by atoms with Crippen molar-refractivity contribution in [1.82, 2.24) is 4.90 Å². The third-order valence-electron chi connectivity index (χ3n) is 5.62. The number of amides is 1. The van der Waals surface area contributed by atoms with Crippen LogP contribution in [-0.4, -0.2) is 48.3 Å². The van der Waals surface area contributed by atoms with Crippen molar-refractivity contribution in [3.63, 3.8) is 0 Å². The molecule has 1 amide bonds. The van der Waals surface area contributed by atoms with Crippen molar-refractivity contribution >= 4 is 6.09 Å². The number of benzene rings is 2. The Bertz CT molecular complexity index is 977. The lowest BCUT2D eigenvalue weighted by atomic mass is 9.62. The Hall–Kier alpha value is -2.94. The maximum Gasteiger partial charge on any atom is 0.573 e. The summed E-state index contributed by atoms with van der Waals surface area (Å²) in [6, 6.07) is 11.9. The Morgan fingerprint density at radius 1 is 0.939 bits per heavy atom. The molecule has 0 aliphatic carbocycles. The van der Waals surface area contributed by atoms with Crippen LogP contribution < -0.4 is 9.47 Å². The Labute approximate surface area is 190 Å². The second kappa shape index (κ2) is 8.44. The predicted octanol–water partition coefficient (Wildman–Crippen LogP) is 5.09. The topological polar surface area (TPSA) is 68.2 Å². The maximum absolute atomic E-state index is 12.6. The number of aliphatic hydroxyl groups is 1. The predicted molar refractivity (Wildman–Crippen MR) is 115 cm³/mol. The molecule has 9 heteroatoms. The van der Waals surface area contributed by atoms with E-state index >= 15 is 0 Å². The Morgan fingerprint density at radius 2 is 1.39 bits per heavy atom. The van der Waals surface area contributed by atoms with Gasteiger partial charge in [-0.25, -0.2) is 4.79 Å². The zero-order valence-corrected chi connectivity index (χ0v) is 19.2. The average Bonchev–Trinajstić information content (AvgIpc) is 2.69. The summed E-state index contributed by atoms with van der Waals surface area (Å²) in [4.78, 5) is 14.0. The van der Waals surface area contributed by atoms with E-state index in [1.54, 1.807) is 45.0 Å². The van der Waals surface area contributed by atoms with Crippen LogP contribution >= 0.6 is 0 Å². The van der Waals surface area contributed by atoms with Crippen LogP contribution in [0.25, 0.3) is 0 Å². The van der Waals surface area contributed by atoms with Gasteiger partial charge in [-0.05, 0) is 56.2 Å². The molecule has 1 aliphatic rings. The molecule has 0 aromatic heterocycles. The standard InChI is InChI=1S/C24H28F3NO5/c1-21(2,3)33-20(29)28-14-22(4,15-28)23(30,16-6-10-18(31-5)11-7-16)17-8-12-19(13-9-17)32-24(25,26)27/h6-13,30H,14-15H2,1-5H3. The minimum absolute atomic E-state index is 0.186. The van der Waals surface area contributed by atoms with E-state index in [1.807, 2.05) is 6.92 Å². The van der Waals surface area contributed by atoms with Crippen LogP contribution in [0.4, 0.5) is 18.0 Å². The number of alkyl halides is 3. The second-order valence-corrected chi connectivity index (χ2v) is 9.41. The van der Waals surface area contributed by atoms with Gasteiger partial charge in [0.1, 0.15) is 22.7 Å². The highest BCUT2D eigenvalue weighted by Gasteiger charge is 2.58. The van der Waals surface area contributed by atoms with Gasteiger partial charge in [-0.3, -0.25) is 0 Å². The third kappa shape index (κ3) is 5.19. The van der Waals surface area contributed by atoms with Gasteiger partial charge in [-0.2, -0.15) is 0 Å². The van der Waals surface area contributed by atoms with E-state index in [0.29, 0.717) is 16.9 Å². The number of halogens is 3. The fourth-order valence-corrected chi connectivity index (χ4v) is 4.07. The summed E-state index contributed by atoms with van der Waals surface area (Å²) in [7, 11) is 1.52. The highest BCUT2D eigenvalue weighted by Crippen LogP contribution is 2.51. The molecule has 6 nitrogen and oxygen atoms in total. The molecule has 0 radical (unpaired) electrons. The molecule has 3 rings (SSSR count). The molecule has 1 atom stereocenters. The first-order valence-electron chi connectivity index (χ1n) is 10.4. The normalized spacial score (nSPS) is 17.5. The van der Waals surface area contributed by atoms with Crippen molar-refractivity contribution < 1.29 is 37.3 Å². The van der Waals surface area contributed by atoms with Gasteiger partial charge in [-0.1, -0.05) is 31.2 Å². The van der Waals surface area contributed by atoms with Crippen LogP contribution in [0.2, 0.25) is 0 Å². The highest BCUT2D eigenvalue weighted by atomic mass is 19.4. The zero-order chi connectivity index (χ0) is 24.7. The molecule has 1 unspecified atom stereocenters. The van der Waals surface area contributed by atoms with Crippen LogP contribution in [0.5, 0.6) is 11.5 Å². The van der Waals surface area contributed by atoms with Crippen molar-refractivity contribution in [2.24, 2.45) is 5.41 Å². The molecule has 0 bridgehead atoms. The molecule has 1 heterocycles. The summed E-state index contributed by atoms with van der Waals surface area (Å²) in [5.41, 5.74) is -2.24. The van der Waals surface area contributed by atoms with Crippen molar-refractivity contribution in [3.8, 4) is 11.5 Å². The van der Waals surface area contributed by atoms with Gasteiger partial charge in [0.15, 0.2) is 0 Å². The molecule has 180 valence electrons. The van der Waals surface area contributed by atoms with Crippen molar-refractivity contribution in [3.05, 3.63) is 59.7 Å². The number of ether oxygens (including phenoxy) is 3. The lowest BCUT2D eigenvalue weighted by Crippen LogP contribution is -2.66. The van der Waals surface area contributed by atoms with Gasteiger partial charge < -0.3 is 24.2 Å². The van der Waals surface area contributed by atoms with Gasteiger partial charge in [0.25, 0.3) is 0 Å². The number of carbonyl (C=O) groups excluding carboxylic acids is 1. The van der Waals surface area contributed by atoms with E-state index in [2.05, 4.69) is 4.74 Å². The van der Waals surface area contributed by atoms with Crippen LogP contribution in [0.3, 0.4) is 0 Å². The van der Waals surface area contributed by atoms with Crippen LogP contribution in [0.15, 0.2) is 48.5 Å². The molecule has 1 fully saturated rings. The van der Waals surface area contributed by atoms with E-state index < -0.39 is 34.8 Å². The third-order valence-corrected chi connectivity index (χ3v) is 5.62. The lowest BCUT2D eigenvalue weighted by molar-refractivity contribution is -0.274. The summed E-state index contributed by atoms with van der Waals surface area (Å²) < 4.78 is 52.3. The summed E-state index contributed by atoms with van der Waals surface area (Å²) in [6.07, 6.45) is -5.31. The van der Waals surface area contributed by atoms with Crippen LogP contribution in [-0.2, 0) is 10.3 Å². The fourth-order valence-electron chi connectivity index (χ4n) is 4.07. The zero-order valence-electron chi connectivity index (χ0n) is 19.2. The Kier molecular flexibility index (Phi) is 6.32. The molecular weight excluding hydrogens is 439 g/mol. The first-order valence-corrected chi connectivity index (χ1v) is 10.4. The minimum atomic E-state index is -4.82. The van der Waals surface area contributed by atoms with Gasteiger partial charge in [0.05, 0.1) is 7.11 Å². The highest BCUT2D eigenvalue weighted by molar-refractivity contribution is 5.70. The van der Waals surface area contributed by atoms with Crippen molar-refractivity contribution in [2.45, 2.75) is 45.3 Å². The lowest BCUT2D eigenvalue weighted by Gasteiger charge is -2.56.